The third-order valence-electron chi connectivity index (χ3n) is 2.38. The maximum absolute atomic E-state index is 12.9. The highest BCUT2D eigenvalue weighted by Gasteiger charge is 2.05. The molecule has 0 bridgehead atoms. The van der Waals surface area contributed by atoms with E-state index in [9.17, 15) is 9.18 Å². The summed E-state index contributed by atoms with van der Waals surface area (Å²) in [6, 6.07) is 7.50. The lowest BCUT2D eigenvalue weighted by atomic mass is 10.3. The van der Waals surface area contributed by atoms with Gasteiger partial charge >= 0.3 is 0 Å². The Kier molecular flexibility index (Phi) is 4.12. The molecule has 1 aromatic carbocycles. The fraction of sp³-hybridized carbons (Fsp3) is 0.231. The first-order chi connectivity index (χ1) is 9.13. The molecule has 1 heterocycles. The number of nitrogens with zero attached hydrogens (tertiary/aromatic N) is 2. The maximum atomic E-state index is 12.9. The second kappa shape index (κ2) is 5.99. The van der Waals surface area contributed by atoms with Gasteiger partial charge in [-0.15, -0.1) is 0 Å². The van der Waals surface area contributed by atoms with Crippen LogP contribution in [0.25, 0.3) is 0 Å². The number of aryl methyl sites for hydroxylation is 1. The molecule has 0 atom stereocenters. The molecule has 0 fully saturated rings. The number of rotatable bonds is 5. The van der Waals surface area contributed by atoms with E-state index in [-0.39, 0.29) is 24.8 Å². The zero-order valence-electron chi connectivity index (χ0n) is 10.5. The molecule has 19 heavy (non-hydrogen) atoms. The normalized spacial score (nSPS) is 10.2. The number of amides is 1. The Balaban J connectivity index is 1.75. The van der Waals surface area contributed by atoms with Crippen molar-refractivity contribution in [2.75, 3.05) is 11.9 Å². The zero-order valence-corrected chi connectivity index (χ0v) is 10.5. The summed E-state index contributed by atoms with van der Waals surface area (Å²) >= 11 is 0. The predicted octanol–water partition coefficient (Wildman–Crippen LogP) is 1.97. The smallest absolute Gasteiger partial charge is 0.229 e. The number of ether oxygens (including phenoxy) is 1. The van der Waals surface area contributed by atoms with Crippen LogP contribution in [0.3, 0.4) is 0 Å². The topological polar surface area (TPSA) is 56.2 Å². The van der Waals surface area contributed by atoms with Gasteiger partial charge in [0, 0.05) is 25.4 Å². The highest BCUT2D eigenvalue weighted by Crippen LogP contribution is 2.12. The van der Waals surface area contributed by atoms with Crippen LogP contribution in [0.1, 0.15) is 6.42 Å². The first-order valence-corrected chi connectivity index (χ1v) is 5.81. The van der Waals surface area contributed by atoms with Gasteiger partial charge in [-0.3, -0.25) is 9.48 Å². The zero-order chi connectivity index (χ0) is 13.7. The molecule has 5 nitrogen and oxygen atoms in total. The largest absolute Gasteiger partial charge is 0.493 e. The van der Waals surface area contributed by atoms with Crippen molar-refractivity contribution in [3.05, 3.63) is 42.3 Å². The van der Waals surface area contributed by atoms with Gasteiger partial charge in [0.2, 0.25) is 5.91 Å². The van der Waals surface area contributed by atoms with E-state index >= 15 is 0 Å². The van der Waals surface area contributed by atoms with E-state index < -0.39 is 0 Å². The Morgan fingerprint density at radius 3 is 3.00 bits per heavy atom. The lowest BCUT2D eigenvalue weighted by Crippen LogP contribution is -2.15. The highest BCUT2D eigenvalue weighted by atomic mass is 19.1. The summed E-state index contributed by atoms with van der Waals surface area (Å²) in [7, 11) is 1.77. The molecule has 0 unspecified atom stereocenters. The van der Waals surface area contributed by atoms with E-state index in [1.54, 1.807) is 36.1 Å². The molecule has 0 aliphatic rings. The molecule has 2 rings (SSSR count). The van der Waals surface area contributed by atoms with Gasteiger partial charge in [-0.25, -0.2) is 4.39 Å². The van der Waals surface area contributed by atoms with Crippen LogP contribution in [0.4, 0.5) is 10.2 Å². The van der Waals surface area contributed by atoms with E-state index in [2.05, 4.69) is 10.4 Å². The second-order valence-corrected chi connectivity index (χ2v) is 3.98. The van der Waals surface area contributed by atoms with Crippen LogP contribution in [0.5, 0.6) is 5.75 Å². The molecule has 0 aliphatic carbocycles. The Labute approximate surface area is 110 Å². The minimum absolute atomic E-state index is 0.174. The molecule has 0 spiro atoms. The second-order valence-electron chi connectivity index (χ2n) is 3.98. The quantitative estimate of drug-likeness (QED) is 0.897. The number of halogens is 1. The molecule has 6 heteroatoms. The third kappa shape index (κ3) is 4.09. The van der Waals surface area contributed by atoms with Gasteiger partial charge in [0.1, 0.15) is 11.6 Å². The number of carbonyl (C=O) groups is 1. The van der Waals surface area contributed by atoms with Gasteiger partial charge in [0.05, 0.1) is 13.0 Å². The minimum Gasteiger partial charge on any atom is -0.493 e. The summed E-state index contributed by atoms with van der Waals surface area (Å²) in [5.41, 5.74) is 0. The predicted molar refractivity (Wildman–Crippen MR) is 68.3 cm³/mol. The van der Waals surface area contributed by atoms with Gasteiger partial charge in [-0.05, 0) is 12.1 Å². The monoisotopic (exact) mass is 263 g/mol. The van der Waals surface area contributed by atoms with Crippen molar-refractivity contribution in [3.63, 3.8) is 0 Å². The van der Waals surface area contributed by atoms with Crippen molar-refractivity contribution in [2.45, 2.75) is 6.42 Å². The summed E-state index contributed by atoms with van der Waals surface area (Å²) in [4.78, 5) is 11.6. The van der Waals surface area contributed by atoms with E-state index in [0.717, 1.165) is 0 Å². The van der Waals surface area contributed by atoms with Crippen LogP contribution in [0.15, 0.2) is 36.5 Å². The van der Waals surface area contributed by atoms with Crippen molar-refractivity contribution in [3.8, 4) is 5.75 Å². The molecule has 0 aliphatic heterocycles. The van der Waals surface area contributed by atoms with Crippen molar-refractivity contribution in [1.29, 1.82) is 0 Å². The Morgan fingerprint density at radius 1 is 1.47 bits per heavy atom. The number of aromatic nitrogens is 2. The average Bonchev–Trinajstić information content (AvgIpc) is 2.75. The van der Waals surface area contributed by atoms with Gasteiger partial charge in [0.15, 0.2) is 5.82 Å². The first kappa shape index (κ1) is 13.1. The van der Waals surface area contributed by atoms with Gasteiger partial charge in [0.25, 0.3) is 0 Å². The molecule has 1 aromatic heterocycles. The van der Waals surface area contributed by atoms with E-state index in [4.69, 9.17) is 4.74 Å². The lowest BCUT2D eigenvalue weighted by Gasteiger charge is -2.05. The van der Waals surface area contributed by atoms with Gasteiger partial charge < -0.3 is 10.1 Å². The van der Waals surface area contributed by atoms with E-state index in [1.165, 1.54) is 12.1 Å². The summed E-state index contributed by atoms with van der Waals surface area (Å²) in [6.45, 7) is 0.183. The number of benzene rings is 1. The molecule has 0 radical (unpaired) electrons. The van der Waals surface area contributed by atoms with Gasteiger partial charge in [-0.1, -0.05) is 6.07 Å². The lowest BCUT2D eigenvalue weighted by molar-refractivity contribution is -0.116. The van der Waals surface area contributed by atoms with Crippen LogP contribution >= 0.6 is 0 Å². The highest BCUT2D eigenvalue weighted by molar-refractivity contribution is 5.89. The van der Waals surface area contributed by atoms with Gasteiger partial charge in [-0.2, -0.15) is 5.10 Å². The Hall–Kier alpha value is -2.37. The molecule has 0 saturated heterocycles. The number of carbonyl (C=O) groups excluding carboxylic acids is 1. The molecule has 0 saturated carbocycles. The van der Waals surface area contributed by atoms with E-state index in [0.29, 0.717) is 11.6 Å². The van der Waals surface area contributed by atoms with Crippen molar-refractivity contribution in [1.82, 2.24) is 9.78 Å². The maximum Gasteiger partial charge on any atom is 0.229 e. The minimum atomic E-state index is -0.365. The SMILES string of the molecule is Cn1ccc(NC(=O)CCOc2cccc(F)c2)n1. The summed E-state index contributed by atoms with van der Waals surface area (Å²) in [5, 5.41) is 6.66. The van der Waals surface area contributed by atoms with Crippen LogP contribution in [-0.2, 0) is 11.8 Å². The van der Waals surface area contributed by atoms with Crippen LogP contribution in [0, 0.1) is 5.82 Å². The fourth-order valence-electron chi connectivity index (χ4n) is 1.51. The third-order valence-corrected chi connectivity index (χ3v) is 2.38. The van der Waals surface area contributed by atoms with Crippen LogP contribution < -0.4 is 10.1 Å². The Bertz CT molecular complexity index is 569. The van der Waals surface area contributed by atoms with Crippen molar-refractivity contribution >= 4 is 11.7 Å². The van der Waals surface area contributed by atoms with Crippen molar-refractivity contribution in [2.24, 2.45) is 7.05 Å². The molecule has 1 N–H and O–H groups in total. The van der Waals surface area contributed by atoms with Crippen molar-refractivity contribution < 1.29 is 13.9 Å². The Morgan fingerprint density at radius 2 is 2.32 bits per heavy atom. The number of nitrogens with one attached hydrogen (secondary N) is 1. The number of hydrogen-bond donors (Lipinski definition) is 1. The molecule has 1 amide bonds. The first-order valence-electron chi connectivity index (χ1n) is 5.81. The van der Waals surface area contributed by atoms with Crippen LogP contribution in [0.2, 0.25) is 0 Å². The summed E-state index contributed by atoms with van der Waals surface area (Å²) in [5.74, 6) is 0.342. The average molecular weight is 263 g/mol. The summed E-state index contributed by atoms with van der Waals surface area (Å²) < 4.78 is 19.7. The molecule has 100 valence electrons. The molecular formula is C13H14FN3O2. The molecular weight excluding hydrogens is 249 g/mol. The standard InChI is InChI=1S/C13H14FN3O2/c1-17-7-5-12(16-17)15-13(18)6-8-19-11-4-2-3-10(14)9-11/h2-5,7,9H,6,8H2,1H3,(H,15,16,18). The molecule has 2 aromatic rings. The van der Waals surface area contributed by atoms with E-state index in [1.807, 2.05) is 0 Å². The fourth-order valence-corrected chi connectivity index (χ4v) is 1.51. The number of anilines is 1. The van der Waals surface area contributed by atoms with Crippen LogP contribution in [-0.4, -0.2) is 22.3 Å². The number of hydrogen-bond acceptors (Lipinski definition) is 3. The summed E-state index contributed by atoms with van der Waals surface area (Å²) in [6.07, 6.45) is 1.91.